The van der Waals surface area contributed by atoms with Gasteiger partial charge in [0.2, 0.25) is 6.54 Å². The van der Waals surface area contributed by atoms with E-state index in [-0.39, 0.29) is 12.5 Å². The minimum atomic E-state index is -0.218. The van der Waals surface area contributed by atoms with E-state index in [0.29, 0.717) is 6.61 Å². The maximum Gasteiger partial charge on any atom is 0.372 e. The van der Waals surface area contributed by atoms with Crippen molar-refractivity contribution in [2.24, 2.45) is 0 Å². The van der Waals surface area contributed by atoms with Crippen molar-refractivity contribution < 1.29 is 14.1 Å². The lowest BCUT2D eigenvalue weighted by Crippen LogP contribution is -2.37. The standard InChI is InChI=1S/C21H27N2O2/c1-4-23(5-2)20-11-9-18(10-12-20)7-8-19-13-15-22(16-14-19)17-21(24)25-6-3/h7-16H,4-6,17H2,1-3H3/q+1. The second-order valence-corrected chi connectivity index (χ2v) is 5.71. The first-order valence-corrected chi connectivity index (χ1v) is 8.84. The minimum absolute atomic E-state index is 0.218. The van der Waals surface area contributed by atoms with Crippen LogP contribution in [0.1, 0.15) is 31.9 Å². The third kappa shape index (κ3) is 5.75. The number of rotatable bonds is 8. The van der Waals surface area contributed by atoms with Crippen LogP contribution in [0.5, 0.6) is 0 Å². The van der Waals surface area contributed by atoms with Gasteiger partial charge >= 0.3 is 5.97 Å². The zero-order valence-electron chi connectivity index (χ0n) is 15.3. The average molecular weight is 339 g/mol. The van der Waals surface area contributed by atoms with Crippen molar-refractivity contribution in [2.45, 2.75) is 27.3 Å². The molecule has 25 heavy (non-hydrogen) atoms. The fourth-order valence-corrected chi connectivity index (χ4v) is 2.62. The Morgan fingerprint density at radius 1 is 0.960 bits per heavy atom. The summed E-state index contributed by atoms with van der Waals surface area (Å²) in [6.07, 6.45) is 7.94. The van der Waals surface area contributed by atoms with E-state index in [9.17, 15) is 4.79 Å². The van der Waals surface area contributed by atoms with Crippen LogP contribution in [0.15, 0.2) is 48.8 Å². The van der Waals surface area contributed by atoms with Gasteiger partial charge in [0, 0.05) is 30.9 Å². The highest BCUT2D eigenvalue weighted by Gasteiger charge is 2.09. The number of pyridine rings is 1. The highest BCUT2D eigenvalue weighted by atomic mass is 16.5. The average Bonchev–Trinajstić information content (AvgIpc) is 2.63. The van der Waals surface area contributed by atoms with E-state index in [0.717, 1.165) is 18.7 Å². The van der Waals surface area contributed by atoms with Crippen molar-refractivity contribution in [3.05, 3.63) is 59.9 Å². The topological polar surface area (TPSA) is 33.4 Å². The summed E-state index contributed by atoms with van der Waals surface area (Å²) in [5.74, 6) is -0.218. The number of benzene rings is 1. The number of carbonyl (C=O) groups is 1. The van der Waals surface area contributed by atoms with Crippen molar-refractivity contribution >= 4 is 23.8 Å². The summed E-state index contributed by atoms with van der Waals surface area (Å²) in [6, 6.07) is 12.6. The molecule has 132 valence electrons. The van der Waals surface area contributed by atoms with Crippen molar-refractivity contribution in [2.75, 3.05) is 24.6 Å². The molecule has 2 aromatic rings. The van der Waals surface area contributed by atoms with Crippen LogP contribution in [-0.2, 0) is 16.1 Å². The Bertz CT molecular complexity index is 687. The Balaban J connectivity index is 1.98. The largest absolute Gasteiger partial charge is 0.461 e. The van der Waals surface area contributed by atoms with Gasteiger partial charge in [0.05, 0.1) is 6.61 Å². The van der Waals surface area contributed by atoms with Crippen molar-refractivity contribution in [1.82, 2.24) is 0 Å². The summed E-state index contributed by atoms with van der Waals surface area (Å²) in [5, 5.41) is 0. The van der Waals surface area contributed by atoms with E-state index in [2.05, 4.69) is 55.2 Å². The molecule has 0 amide bonds. The molecule has 0 unspecified atom stereocenters. The Kier molecular flexibility index (Phi) is 7.20. The highest BCUT2D eigenvalue weighted by Crippen LogP contribution is 2.16. The number of aromatic nitrogens is 1. The van der Waals surface area contributed by atoms with E-state index in [1.807, 2.05) is 36.0 Å². The molecule has 1 heterocycles. The molecule has 0 N–H and O–H groups in total. The number of hydrogen-bond acceptors (Lipinski definition) is 3. The molecular weight excluding hydrogens is 312 g/mol. The second-order valence-electron chi connectivity index (χ2n) is 5.71. The maximum absolute atomic E-state index is 11.5. The molecule has 4 heteroatoms. The van der Waals surface area contributed by atoms with E-state index in [1.165, 1.54) is 11.3 Å². The first kappa shape index (κ1) is 18.7. The van der Waals surface area contributed by atoms with Crippen LogP contribution in [0.25, 0.3) is 12.2 Å². The van der Waals surface area contributed by atoms with Gasteiger partial charge < -0.3 is 9.64 Å². The SMILES string of the molecule is CCOC(=O)C[n+]1ccc(C=Cc2ccc(N(CC)CC)cc2)cc1. The van der Waals surface area contributed by atoms with Gasteiger partial charge in [-0.15, -0.1) is 0 Å². The van der Waals surface area contributed by atoms with Crippen molar-refractivity contribution in [3.8, 4) is 0 Å². The number of ether oxygens (including phenoxy) is 1. The molecule has 4 nitrogen and oxygen atoms in total. The normalized spacial score (nSPS) is 10.8. The fourth-order valence-electron chi connectivity index (χ4n) is 2.62. The number of nitrogens with zero attached hydrogens (tertiary/aromatic N) is 2. The summed E-state index contributed by atoms with van der Waals surface area (Å²) in [4.78, 5) is 13.8. The van der Waals surface area contributed by atoms with Crippen LogP contribution in [0.2, 0.25) is 0 Å². The first-order valence-electron chi connectivity index (χ1n) is 8.84. The Morgan fingerprint density at radius 3 is 2.04 bits per heavy atom. The lowest BCUT2D eigenvalue weighted by molar-refractivity contribution is -0.686. The molecule has 0 aliphatic rings. The highest BCUT2D eigenvalue weighted by molar-refractivity contribution is 5.70. The van der Waals surface area contributed by atoms with Gasteiger partial charge in [-0.3, -0.25) is 0 Å². The van der Waals surface area contributed by atoms with E-state index >= 15 is 0 Å². The molecular formula is C21H27N2O2+. The third-order valence-corrected chi connectivity index (χ3v) is 4.02. The van der Waals surface area contributed by atoms with Gasteiger partial charge in [0.1, 0.15) is 0 Å². The van der Waals surface area contributed by atoms with Gasteiger partial charge in [-0.2, -0.15) is 4.57 Å². The Morgan fingerprint density at radius 2 is 1.52 bits per heavy atom. The molecule has 0 aliphatic carbocycles. The monoisotopic (exact) mass is 339 g/mol. The molecule has 2 rings (SSSR count). The maximum atomic E-state index is 11.5. The number of hydrogen-bond donors (Lipinski definition) is 0. The summed E-state index contributed by atoms with van der Waals surface area (Å²) in [7, 11) is 0. The molecule has 1 aromatic heterocycles. The zero-order chi connectivity index (χ0) is 18.1. The summed E-state index contributed by atoms with van der Waals surface area (Å²) in [5.41, 5.74) is 3.51. The molecule has 1 aromatic carbocycles. The quantitative estimate of drug-likeness (QED) is 0.545. The molecule has 0 bridgehead atoms. The van der Waals surface area contributed by atoms with Gasteiger partial charge in [-0.05, 0) is 44.0 Å². The summed E-state index contributed by atoms with van der Waals surface area (Å²) < 4.78 is 6.76. The van der Waals surface area contributed by atoms with Crippen LogP contribution < -0.4 is 9.47 Å². The van der Waals surface area contributed by atoms with Crippen molar-refractivity contribution in [3.63, 3.8) is 0 Å². The van der Waals surface area contributed by atoms with Crippen LogP contribution in [0, 0.1) is 0 Å². The molecule has 0 aliphatic heterocycles. The number of esters is 1. The van der Waals surface area contributed by atoms with Gasteiger partial charge in [-0.1, -0.05) is 24.3 Å². The predicted octanol–water partition coefficient (Wildman–Crippen LogP) is 3.55. The van der Waals surface area contributed by atoms with Crippen LogP contribution in [-0.4, -0.2) is 25.7 Å². The first-order chi connectivity index (χ1) is 12.2. The Hall–Kier alpha value is -2.62. The van der Waals surface area contributed by atoms with Crippen LogP contribution in [0.3, 0.4) is 0 Å². The Labute approximate surface area is 150 Å². The van der Waals surface area contributed by atoms with E-state index in [1.54, 1.807) is 0 Å². The molecule has 0 radical (unpaired) electrons. The number of carbonyl (C=O) groups excluding carboxylic acids is 1. The lowest BCUT2D eigenvalue weighted by atomic mass is 10.1. The van der Waals surface area contributed by atoms with Gasteiger partial charge in [-0.25, -0.2) is 4.79 Å². The van der Waals surface area contributed by atoms with Gasteiger partial charge in [0.25, 0.3) is 0 Å². The molecule has 0 fully saturated rings. The lowest BCUT2D eigenvalue weighted by Gasteiger charge is -2.20. The third-order valence-electron chi connectivity index (χ3n) is 4.02. The second kappa shape index (κ2) is 9.62. The zero-order valence-corrected chi connectivity index (χ0v) is 15.3. The van der Waals surface area contributed by atoms with Gasteiger partial charge in [0.15, 0.2) is 12.4 Å². The van der Waals surface area contributed by atoms with E-state index < -0.39 is 0 Å². The predicted molar refractivity (Wildman–Crippen MR) is 102 cm³/mol. The minimum Gasteiger partial charge on any atom is -0.461 e. The molecule has 0 saturated heterocycles. The van der Waals surface area contributed by atoms with Crippen LogP contribution in [0.4, 0.5) is 5.69 Å². The summed E-state index contributed by atoms with van der Waals surface area (Å²) in [6.45, 7) is 8.83. The molecule has 0 spiro atoms. The van der Waals surface area contributed by atoms with E-state index in [4.69, 9.17) is 4.74 Å². The molecule has 0 atom stereocenters. The van der Waals surface area contributed by atoms with Crippen molar-refractivity contribution in [1.29, 1.82) is 0 Å². The fraction of sp³-hybridized carbons (Fsp3) is 0.333. The summed E-state index contributed by atoms with van der Waals surface area (Å²) >= 11 is 0. The smallest absolute Gasteiger partial charge is 0.372 e. The molecule has 0 saturated carbocycles. The van der Waals surface area contributed by atoms with Crippen LogP contribution >= 0.6 is 0 Å². The number of anilines is 1.